The number of hydrazine groups is 1. The van der Waals surface area contributed by atoms with Crippen LogP contribution in [0.1, 0.15) is 12.1 Å². The fraction of sp³-hybridized carbons (Fsp3) is 0.375. The molecule has 8 heteroatoms. The molecule has 0 bridgehead atoms. The molecule has 0 radical (unpaired) electrons. The molecule has 0 spiro atoms. The second-order valence-corrected chi connectivity index (χ2v) is 3.78. The molecule has 0 aliphatic heterocycles. The summed E-state index contributed by atoms with van der Waals surface area (Å²) in [7, 11) is 0. The van der Waals surface area contributed by atoms with Crippen LogP contribution in [0.15, 0.2) is 15.6 Å². The smallest absolute Gasteiger partial charge is 0.328 e. The van der Waals surface area contributed by atoms with Gasteiger partial charge in [0, 0.05) is 6.54 Å². The van der Waals surface area contributed by atoms with Crippen molar-refractivity contribution in [2.75, 3.05) is 0 Å². The molecule has 1 aromatic rings. The van der Waals surface area contributed by atoms with E-state index in [1.807, 2.05) is 0 Å². The van der Waals surface area contributed by atoms with Crippen molar-refractivity contribution >= 4 is 21.9 Å². The standard InChI is InChI=1S/C8H11BrN4O3/c1-5-7(9)8(15)13(4-11-5)3-2-6(14)16-12-10/h4,12H,2-3,10H2,1H3. The zero-order valence-corrected chi connectivity index (χ0v) is 10.2. The number of carbonyl (C=O) groups is 1. The molecular formula is C8H11BrN4O3. The molecule has 0 saturated heterocycles. The van der Waals surface area contributed by atoms with Crippen molar-refractivity contribution < 1.29 is 9.63 Å². The van der Waals surface area contributed by atoms with Crippen molar-refractivity contribution in [1.29, 1.82) is 0 Å². The van der Waals surface area contributed by atoms with Crippen LogP contribution in [-0.4, -0.2) is 15.5 Å². The van der Waals surface area contributed by atoms with Gasteiger partial charge in [-0.25, -0.2) is 10.8 Å². The summed E-state index contributed by atoms with van der Waals surface area (Å²) in [5.74, 6) is 4.24. The van der Waals surface area contributed by atoms with Gasteiger partial charge in [-0.2, -0.15) is 0 Å². The summed E-state index contributed by atoms with van der Waals surface area (Å²) in [6, 6.07) is 0. The maximum Gasteiger partial charge on any atom is 0.328 e. The van der Waals surface area contributed by atoms with Gasteiger partial charge in [-0.15, -0.1) is 0 Å². The Bertz CT molecular complexity index is 445. The number of hydrogen-bond donors (Lipinski definition) is 2. The van der Waals surface area contributed by atoms with E-state index in [0.29, 0.717) is 10.2 Å². The first kappa shape index (κ1) is 12.8. The molecule has 0 unspecified atom stereocenters. The topological polar surface area (TPSA) is 99.2 Å². The predicted molar refractivity (Wildman–Crippen MR) is 59.0 cm³/mol. The Morgan fingerprint density at radius 2 is 2.44 bits per heavy atom. The Hall–Kier alpha value is -1.25. The van der Waals surface area contributed by atoms with Crippen LogP contribution in [0.3, 0.4) is 0 Å². The van der Waals surface area contributed by atoms with Crippen molar-refractivity contribution in [1.82, 2.24) is 15.1 Å². The maximum absolute atomic E-state index is 11.6. The number of nitrogens with two attached hydrogens (primary N) is 1. The molecule has 7 nitrogen and oxygen atoms in total. The normalized spacial score (nSPS) is 10.2. The first-order chi connectivity index (χ1) is 7.56. The summed E-state index contributed by atoms with van der Waals surface area (Å²) >= 11 is 3.12. The molecule has 1 aromatic heterocycles. The molecule has 0 aliphatic rings. The van der Waals surface area contributed by atoms with Gasteiger partial charge in [0.25, 0.3) is 5.56 Å². The lowest BCUT2D eigenvalue weighted by atomic mass is 10.4. The Kier molecular flexibility index (Phi) is 4.59. The minimum atomic E-state index is -0.550. The van der Waals surface area contributed by atoms with E-state index in [9.17, 15) is 9.59 Å². The molecule has 0 saturated carbocycles. The monoisotopic (exact) mass is 290 g/mol. The third-order valence-electron chi connectivity index (χ3n) is 1.89. The summed E-state index contributed by atoms with van der Waals surface area (Å²) in [6.07, 6.45) is 1.41. The van der Waals surface area contributed by atoms with Crippen LogP contribution in [0.4, 0.5) is 0 Å². The van der Waals surface area contributed by atoms with Crippen LogP contribution >= 0.6 is 15.9 Å². The van der Waals surface area contributed by atoms with E-state index in [-0.39, 0.29) is 18.5 Å². The summed E-state index contributed by atoms with van der Waals surface area (Å²) < 4.78 is 1.70. The van der Waals surface area contributed by atoms with E-state index < -0.39 is 5.97 Å². The number of aromatic nitrogens is 2. The molecule has 3 N–H and O–H groups in total. The van der Waals surface area contributed by atoms with E-state index in [1.54, 1.807) is 12.5 Å². The molecule has 0 amide bonds. The van der Waals surface area contributed by atoms with E-state index in [4.69, 9.17) is 5.84 Å². The van der Waals surface area contributed by atoms with Gasteiger partial charge in [-0.1, -0.05) is 5.59 Å². The van der Waals surface area contributed by atoms with Crippen molar-refractivity contribution in [3.05, 3.63) is 26.8 Å². The van der Waals surface area contributed by atoms with E-state index in [1.165, 1.54) is 10.9 Å². The van der Waals surface area contributed by atoms with E-state index >= 15 is 0 Å². The Morgan fingerprint density at radius 3 is 3.06 bits per heavy atom. The van der Waals surface area contributed by atoms with Crippen LogP contribution in [0, 0.1) is 6.92 Å². The van der Waals surface area contributed by atoms with Crippen LogP contribution in [0.5, 0.6) is 0 Å². The molecule has 88 valence electrons. The summed E-state index contributed by atoms with van der Waals surface area (Å²) in [4.78, 5) is 30.9. The molecular weight excluding hydrogens is 280 g/mol. The highest BCUT2D eigenvalue weighted by molar-refractivity contribution is 9.10. The number of aryl methyl sites for hydroxylation is 2. The number of nitrogens with one attached hydrogen (secondary N) is 1. The van der Waals surface area contributed by atoms with Crippen LogP contribution in [0.25, 0.3) is 0 Å². The highest BCUT2D eigenvalue weighted by Gasteiger charge is 2.07. The molecule has 0 aliphatic carbocycles. The van der Waals surface area contributed by atoms with E-state index in [2.05, 4.69) is 25.8 Å². The van der Waals surface area contributed by atoms with Gasteiger partial charge in [-0.3, -0.25) is 14.2 Å². The van der Waals surface area contributed by atoms with Crippen molar-refractivity contribution in [2.24, 2.45) is 5.84 Å². The van der Waals surface area contributed by atoms with Gasteiger partial charge in [0.15, 0.2) is 0 Å². The Balaban J connectivity index is 2.72. The summed E-state index contributed by atoms with van der Waals surface area (Å²) in [6.45, 7) is 1.90. The summed E-state index contributed by atoms with van der Waals surface area (Å²) in [5, 5.41) is 0. The van der Waals surface area contributed by atoms with Crippen molar-refractivity contribution in [3.8, 4) is 0 Å². The van der Waals surface area contributed by atoms with Gasteiger partial charge in [0.1, 0.15) is 4.47 Å². The molecule has 16 heavy (non-hydrogen) atoms. The second-order valence-electron chi connectivity index (χ2n) is 2.98. The number of carbonyl (C=O) groups excluding carboxylic acids is 1. The highest BCUT2D eigenvalue weighted by atomic mass is 79.9. The lowest BCUT2D eigenvalue weighted by Gasteiger charge is -2.06. The fourth-order valence-electron chi connectivity index (χ4n) is 1.03. The average Bonchev–Trinajstić information content (AvgIpc) is 2.25. The zero-order chi connectivity index (χ0) is 12.1. The first-order valence-electron chi connectivity index (χ1n) is 4.43. The third kappa shape index (κ3) is 3.12. The van der Waals surface area contributed by atoms with Gasteiger partial charge >= 0.3 is 5.97 Å². The van der Waals surface area contributed by atoms with Crippen molar-refractivity contribution in [2.45, 2.75) is 19.9 Å². The Morgan fingerprint density at radius 1 is 1.75 bits per heavy atom. The quantitative estimate of drug-likeness (QED) is 0.580. The second kappa shape index (κ2) is 5.73. The fourth-order valence-corrected chi connectivity index (χ4v) is 1.36. The molecule has 1 heterocycles. The summed E-state index contributed by atoms with van der Waals surface area (Å²) in [5.41, 5.74) is 2.15. The zero-order valence-electron chi connectivity index (χ0n) is 8.57. The SMILES string of the molecule is Cc1ncn(CCC(=O)ONN)c(=O)c1Br. The van der Waals surface area contributed by atoms with Gasteiger partial charge in [0.2, 0.25) is 0 Å². The van der Waals surface area contributed by atoms with Crippen LogP contribution < -0.4 is 17.0 Å². The minimum absolute atomic E-state index is 0.0291. The molecule has 0 atom stereocenters. The maximum atomic E-state index is 11.6. The minimum Gasteiger partial charge on any atom is -0.356 e. The van der Waals surface area contributed by atoms with Crippen molar-refractivity contribution in [3.63, 3.8) is 0 Å². The number of nitrogens with zero attached hydrogens (tertiary/aromatic N) is 2. The van der Waals surface area contributed by atoms with Gasteiger partial charge in [-0.05, 0) is 22.9 Å². The van der Waals surface area contributed by atoms with Gasteiger partial charge < -0.3 is 4.84 Å². The van der Waals surface area contributed by atoms with E-state index in [0.717, 1.165) is 0 Å². The lowest BCUT2D eigenvalue weighted by molar-refractivity contribution is -0.151. The number of halogens is 1. The highest BCUT2D eigenvalue weighted by Crippen LogP contribution is 2.06. The van der Waals surface area contributed by atoms with Crippen LogP contribution in [0.2, 0.25) is 0 Å². The first-order valence-corrected chi connectivity index (χ1v) is 5.22. The predicted octanol–water partition coefficient (Wildman–Crippen LogP) is -0.374. The number of hydrogen-bond acceptors (Lipinski definition) is 6. The Labute approximate surface area is 99.7 Å². The van der Waals surface area contributed by atoms with Crippen LogP contribution in [-0.2, 0) is 16.2 Å². The third-order valence-corrected chi connectivity index (χ3v) is 2.80. The van der Waals surface area contributed by atoms with Gasteiger partial charge in [0.05, 0.1) is 18.4 Å². The lowest BCUT2D eigenvalue weighted by Crippen LogP contribution is -2.28. The molecule has 0 fully saturated rings. The molecule has 0 aromatic carbocycles. The largest absolute Gasteiger partial charge is 0.356 e. The molecule has 1 rings (SSSR count). The number of rotatable bonds is 4. The average molecular weight is 291 g/mol.